The maximum atomic E-state index is 13.7. The third kappa shape index (κ3) is 7.65. The Morgan fingerprint density at radius 3 is 2.38 bits per heavy atom. The van der Waals surface area contributed by atoms with Crippen LogP contribution in [0.2, 0.25) is 0 Å². The lowest BCUT2D eigenvalue weighted by molar-refractivity contribution is -0.145. The fourth-order valence-corrected chi connectivity index (χ4v) is 3.84. The zero-order valence-corrected chi connectivity index (χ0v) is 21.5. The van der Waals surface area contributed by atoms with Gasteiger partial charge in [0.25, 0.3) is 0 Å². The van der Waals surface area contributed by atoms with E-state index in [4.69, 9.17) is 4.74 Å². The van der Waals surface area contributed by atoms with E-state index in [2.05, 4.69) is 28.0 Å². The quantitative estimate of drug-likeness (QED) is 0.360. The van der Waals surface area contributed by atoms with Crippen LogP contribution in [0, 0.1) is 12.8 Å². The Hall–Kier alpha value is -2.75. The van der Waals surface area contributed by atoms with Gasteiger partial charge in [-0.2, -0.15) is 12.6 Å². The van der Waals surface area contributed by atoms with Gasteiger partial charge in [-0.1, -0.05) is 36.8 Å². The lowest BCUT2D eigenvalue weighted by Crippen LogP contribution is -2.55. The number of rotatable bonds is 9. The first-order valence-corrected chi connectivity index (χ1v) is 11.8. The summed E-state index contributed by atoms with van der Waals surface area (Å²) >= 11 is 4.27. The number of esters is 1. The summed E-state index contributed by atoms with van der Waals surface area (Å²) in [5.74, 6) is -1.38. The minimum absolute atomic E-state index is 0.0139. The predicted octanol–water partition coefficient (Wildman–Crippen LogP) is 2.39. The number of nitrogens with zero attached hydrogens (tertiary/aromatic N) is 1. The Kier molecular flexibility index (Phi) is 9.37. The van der Waals surface area contributed by atoms with Gasteiger partial charge in [-0.3, -0.25) is 14.4 Å². The molecule has 2 rings (SSSR count). The molecule has 1 aromatic carbocycles. The van der Waals surface area contributed by atoms with Crippen LogP contribution in [0.1, 0.15) is 51.3 Å². The highest BCUT2D eigenvalue weighted by Crippen LogP contribution is 2.40. The highest BCUT2D eigenvalue weighted by Gasteiger charge is 2.48. The molecule has 0 aliphatic heterocycles. The molecule has 0 aromatic heterocycles. The third-order valence-corrected chi connectivity index (χ3v) is 5.73. The van der Waals surface area contributed by atoms with Gasteiger partial charge in [-0.25, -0.2) is 4.79 Å². The maximum Gasteiger partial charge on any atom is 0.408 e. The first-order chi connectivity index (χ1) is 15.9. The van der Waals surface area contributed by atoms with Crippen LogP contribution >= 0.6 is 12.6 Å². The fourth-order valence-electron chi connectivity index (χ4n) is 3.59. The summed E-state index contributed by atoms with van der Waals surface area (Å²) in [5.41, 5.74) is 0.777. The zero-order valence-electron chi connectivity index (χ0n) is 20.6. The number of hydrogen-bond acceptors (Lipinski definition) is 7. The number of methoxy groups -OCH3 is 1. The smallest absolute Gasteiger partial charge is 0.408 e. The number of benzene rings is 1. The molecule has 0 radical (unpaired) electrons. The van der Waals surface area contributed by atoms with E-state index in [1.54, 1.807) is 32.9 Å². The van der Waals surface area contributed by atoms with Crippen molar-refractivity contribution >= 4 is 36.5 Å². The van der Waals surface area contributed by atoms with Crippen molar-refractivity contribution in [2.45, 2.75) is 64.8 Å². The number of hydrogen-bond donors (Lipinski definition) is 3. The second kappa shape index (κ2) is 11.6. The number of nitrogens with one attached hydrogen (secondary N) is 2. The molecule has 0 saturated heterocycles. The number of amides is 3. The van der Waals surface area contributed by atoms with Crippen LogP contribution in [-0.2, 0) is 23.9 Å². The average molecular weight is 494 g/mol. The third-order valence-electron chi connectivity index (χ3n) is 5.37. The van der Waals surface area contributed by atoms with E-state index >= 15 is 0 Å². The lowest BCUT2D eigenvalue weighted by Gasteiger charge is -2.34. The van der Waals surface area contributed by atoms with Crippen molar-refractivity contribution in [3.05, 3.63) is 35.4 Å². The van der Waals surface area contributed by atoms with E-state index in [1.807, 2.05) is 26.0 Å². The molecule has 10 heteroatoms. The van der Waals surface area contributed by atoms with Crippen LogP contribution in [0.3, 0.4) is 0 Å². The van der Waals surface area contributed by atoms with Crippen molar-refractivity contribution in [3.8, 4) is 0 Å². The molecule has 2 N–H and O–H groups in total. The van der Waals surface area contributed by atoms with Gasteiger partial charge in [-0.05, 0) is 45.6 Å². The Bertz CT molecular complexity index is 916. The van der Waals surface area contributed by atoms with Crippen LogP contribution in [0.5, 0.6) is 0 Å². The molecule has 1 saturated carbocycles. The highest BCUT2D eigenvalue weighted by molar-refractivity contribution is 7.80. The summed E-state index contributed by atoms with van der Waals surface area (Å²) in [4.78, 5) is 52.6. The first-order valence-electron chi connectivity index (χ1n) is 11.2. The molecule has 4 unspecified atom stereocenters. The molecule has 0 spiro atoms. The van der Waals surface area contributed by atoms with E-state index in [-0.39, 0.29) is 24.3 Å². The van der Waals surface area contributed by atoms with Gasteiger partial charge < -0.3 is 25.0 Å². The maximum absolute atomic E-state index is 13.7. The van der Waals surface area contributed by atoms with Crippen molar-refractivity contribution in [2.75, 3.05) is 19.4 Å². The van der Waals surface area contributed by atoms with E-state index in [9.17, 15) is 19.2 Å². The Labute approximate surface area is 206 Å². The monoisotopic (exact) mass is 493 g/mol. The van der Waals surface area contributed by atoms with Crippen LogP contribution in [-0.4, -0.2) is 65.9 Å². The molecule has 188 valence electrons. The lowest BCUT2D eigenvalue weighted by atomic mass is 10.0. The molecule has 1 aliphatic rings. The zero-order chi connectivity index (χ0) is 25.6. The highest BCUT2D eigenvalue weighted by atomic mass is 32.1. The molecule has 9 nitrogen and oxygen atoms in total. The van der Waals surface area contributed by atoms with Gasteiger partial charge in [0.05, 0.1) is 7.11 Å². The number of alkyl carbamates (subject to hydrolysis) is 1. The molecule has 1 aliphatic carbocycles. The van der Waals surface area contributed by atoms with Crippen molar-refractivity contribution in [2.24, 2.45) is 5.92 Å². The SMILES string of the molecule is COC(=O)CNC(=O)C(c1cccc(C)c1)N(C(=O)C(CS)NC(=O)OC(C)(C)C)C1CC1C. The second-order valence-corrected chi connectivity index (χ2v) is 9.88. The Morgan fingerprint density at radius 2 is 1.88 bits per heavy atom. The van der Waals surface area contributed by atoms with Gasteiger partial charge in [0.1, 0.15) is 24.2 Å². The summed E-state index contributed by atoms with van der Waals surface area (Å²) in [6.45, 7) is 8.72. The summed E-state index contributed by atoms with van der Waals surface area (Å²) in [6.07, 6.45) is -0.0321. The minimum Gasteiger partial charge on any atom is -0.468 e. The van der Waals surface area contributed by atoms with Crippen LogP contribution in [0.15, 0.2) is 24.3 Å². The topological polar surface area (TPSA) is 114 Å². The molecule has 1 aromatic rings. The summed E-state index contributed by atoms with van der Waals surface area (Å²) < 4.78 is 9.92. The molecule has 34 heavy (non-hydrogen) atoms. The molecular weight excluding hydrogens is 458 g/mol. The second-order valence-electron chi connectivity index (χ2n) is 9.52. The van der Waals surface area contributed by atoms with Gasteiger partial charge in [-0.15, -0.1) is 0 Å². The average Bonchev–Trinajstić information content (AvgIpc) is 3.47. The van der Waals surface area contributed by atoms with E-state index < -0.39 is 41.6 Å². The number of ether oxygens (including phenoxy) is 2. The van der Waals surface area contributed by atoms with E-state index in [0.717, 1.165) is 5.56 Å². The fraction of sp³-hybridized carbons (Fsp3) is 0.583. The van der Waals surface area contributed by atoms with Gasteiger partial charge in [0.15, 0.2) is 0 Å². The van der Waals surface area contributed by atoms with Crippen LogP contribution < -0.4 is 10.6 Å². The van der Waals surface area contributed by atoms with Crippen molar-refractivity contribution < 1.29 is 28.7 Å². The van der Waals surface area contributed by atoms with Crippen molar-refractivity contribution in [1.82, 2.24) is 15.5 Å². The Morgan fingerprint density at radius 1 is 1.24 bits per heavy atom. The van der Waals surface area contributed by atoms with Gasteiger partial charge in [0, 0.05) is 11.8 Å². The summed E-state index contributed by atoms with van der Waals surface area (Å²) in [7, 11) is 1.23. The minimum atomic E-state index is -1.01. The van der Waals surface area contributed by atoms with Crippen LogP contribution in [0.4, 0.5) is 4.79 Å². The normalized spacial score (nSPS) is 18.8. The first kappa shape index (κ1) is 27.5. The molecule has 0 bridgehead atoms. The molecule has 4 atom stereocenters. The molecule has 1 fully saturated rings. The summed E-state index contributed by atoms with van der Waals surface area (Å²) in [6, 6.07) is 5.07. The van der Waals surface area contributed by atoms with Gasteiger partial charge in [0.2, 0.25) is 11.8 Å². The number of carbonyl (C=O) groups is 4. The number of thiol groups is 1. The number of carbonyl (C=O) groups excluding carboxylic acids is 4. The summed E-state index contributed by atoms with van der Waals surface area (Å²) in [5, 5.41) is 5.16. The molecule has 3 amide bonds. The number of aryl methyl sites for hydroxylation is 1. The molecule has 0 heterocycles. The predicted molar refractivity (Wildman–Crippen MR) is 130 cm³/mol. The van der Waals surface area contributed by atoms with E-state index in [0.29, 0.717) is 12.0 Å². The van der Waals surface area contributed by atoms with Gasteiger partial charge >= 0.3 is 12.1 Å². The van der Waals surface area contributed by atoms with E-state index in [1.165, 1.54) is 12.0 Å². The van der Waals surface area contributed by atoms with Crippen molar-refractivity contribution in [1.29, 1.82) is 0 Å². The Balaban J connectivity index is 2.40. The van der Waals surface area contributed by atoms with Crippen molar-refractivity contribution in [3.63, 3.8) is 0 Å². The standard InChI is InChI=1S/C24H35N3O6S/c1-14-8-7-9-16(10-14)20(21(29)25-12-19(28)32-6)27(18-11-15(18)2)22(30)17(13-34)26-23(31)33-24(3,4)5/h7-10,15,17-18,20,34H,11-13H2,1-6H3,(H,25,29)(H,26,31). The van der Waals surface area contributed by atoms with Crippen LogP contribution in [0.25, 0.3) is 0 Å². The molecular formula is C24H35N3O6S. The largest absolute Gasteiger partial charge is 0.468 e.